The van der Waals surface area contributed by atoms with Crippen LogP contribution in [0.1, 0.15) is 29.5 Å². The monoisotopic (exact) mass is 281 g/mol. The molecule has 108 valence electrons. The van der Waals surface area contributed by atoms with E-state index in [0.29, 0.717) is 0 Å². The Morgan fingerprint density at radius 2 is 1.76 bits per heavy atom. The first-order valence-electron chi connectivity index (χ1n) is 7.52. The van der Waals surface area contributed by atoms with Gasteiger partial charge >= 0.3 is 0 Å². The van der Waals surface area contributed by atoms with Gasteiger partial charge in [0, 0.05) is 18.8 Å². The average Bonchev–Trinajstić information content (AvgIpc) is 3.00. The van der Waals surface area contributed by atoms with Crippen LogP contribution in [0.2, 0.25) is 0 Å². The van der Waals surface area contributed by atoms with Crippen LogP contribution >= 0.6 is 0 Å². The first kappa shape index (κ1) is 13.9. The molecule has 0 spiro atoms. The van der Waals surface area contributed by atoms with Crippen molar-refractivity contribution in [3.05, 3.63) is 71.0 Å². The summed E-state index contributed by atoms with van der Waals surface area (Å²) in [5, 5.41) is 0. The number of aryl methyl sites for hydroxylation is 1. The second kappa shape index (κ2) is 6.13. The van der Waals surface area contributed by atoms with Gasteiger partial charge in [-0.15, -0.1) is 0 Å². The van der Waals surface area contributed by atoms with Crippen molar-refractivity contribution in [3.63, 3.8) is 0 Å². The molecule has 2 heteroatoms. The lowest BCUT2D eigenvalue weighted by Crippen LogP contribution is -2.17. The molecule has 21 heavy (non-hydrogen) atoms. The van der Waals surface area contributed by atoms with Crippen LogP contribution in [0.3, 0.4) is 0 Å². The van der Waals surface area contributed by atoms with Crippen molar-refractivity contribution in [1.82, 2.24) is 4.90 Å². The van der Waals surface area contributed by atoms with Crippen LogP contribution in [-0.2, 0) is 0 Å². The SMILES string of the molecule is Cc1cccc(/C(=C\c2ccc(F)cc2)N2CCCC2)c1. The number of hydrogen-bond acceptors (Lipinski definition) is 1. The summed E-state index contributed by atoms with van der Waals surface area (Å²) in [6, 6.07) is 15.3. The van der Waals surface area contributed by atoms with Crippen molar-refractivity contribution in [3.8, 4) is 0 Å². The van der Waals surface area contributed by atoms with Gasteiger partial charge in [-0.2, -0.15) is 0 Å². The molecule has 0 amide bonds. The molecule has 2 aromatic carbocycles. The maximum absolute atomic E-state index is 13.1. The largest absolute Gasteiger partial charge is 0.371 e. The van der Waals surface area contributed by atoms with E-state index in [2.05, 4.69) is 42.2 Å². The summed E-state index contributed by atoms with van der Waals surface area (Å²) in [4.78, 5) is 2.43. The van der Waals surface area contributed by atoms with Gasteiger partial charge in [0.15, 0.2) is 0 Å². The van der Waals surface area contributed by atoms with Crippen molar-refractivity contribution in [2.75, 3.05) is 13.1 Å². The summed E-state index contributed by atoms with van der Waals surface area (Å²) in [5.41, 5.74) is 4.78. The average molecular weight is 281 g/mol. The van der Waals surface area contributed by atoms with E-state index in [0.717, 1.165) is 18.7 Å². The third-order valence-corrected chi connectivity index (χ3v) is 3.93. The lowest BCUT2D eigenvalue weighted by Gasteiger charge is -2.22. The van der Waals surface area contributed by atoms with Gasteiger partial charge in [-0.05, 0) is 55.2 Å². The third-order valence-electron chi connectivity index (χ3n) is 3.93. The standard InChI is InChI=1S/C19H20FN/c1-15-5-4-6-17(13-15)19(21-11-2-3-12-21)14-16-7-9-18(20)10-8-16/h4-10,13-14H,2-3,11-12H2,1H3/b19-14+. The molecule has 1 fully saturated rings. The van der Waals surface area contributed by atoms with Crippen LogP contribution < -0.4 is 0 Å². The second-order valence-corrected chi connectivity index (χ2v) is 5.64. The van der Waals surface area contributed by atoms with Crippen molar-refractivity contribution < 1.29 is 4.39 Å². The van der Waals surface area contributed by atoms with Crippen LogP contribution in [0.5, 0.6) is 0 Å². The summed E-state index contributed by atoms with van der Waals surface area (Å²) in [6.45, 7) is 4.31. The summed E-state index contributed by atoms with van der Waals surface area (Å²) in [6.07, 6.45) is 4.65. The highest BCUT2D eigenvalue weighted by molar-refractivity contribution is 5.80. The summed E-state index contributed by atoms with van der Waals surface area (Å²) in [7, 11) is 0. The number of rotatable bonds is 3. The first-order valence-corrected chi connectivity index (χ1v) is 7.52. The zero-order valence-corrected chi connectivity index (χ0v) is 12.3. The van der Waals surface area contributed by atoms with Gasteiger partial charge in [-0.3, -0.25) is 0 Å². The van der Waals surface area contributed by atoms with E-state index in [-0.39, 0.29) is 5.82 Å². The van der Waals surface area contributed by atoms with Gasteiger partial charge in [-0.25, -0.2) is 4.39 Å². The van der Waals surface area contributed by atoms with Crippen LogP contribution in [-0.4, -0.2) is 18.0 Å². The Morgan fingerprint density at radius 3 is 2.43 bits per heavy atom. The van der Waals surface area contributed by atoms with Gasteiger partial charge in [0.2, 0.25) is 0 Å². The first-order chi connectivity index (χ1) is 10.2. The molecule has 1 heterocycles. The third kappa shape index (κ3) is 3.33. The fourth-order valence-electron chi connectivity index (χ4n) is 2.84. The highest BCUT2D eigenvalue weighted by atomic mass is 19.1. The Kier molecular flexibility index (Phi) is 4.05. The minimum Gasteiger partial charge on any atom is -0.371 e. The molecular weight excluding hydrogens is 261 g/mol. The van der Waals surface area contributed by atoms with E-state index >= 15 is 0 Å². The van der Waals surface area contributed by atoms with Gasteiger partial charge in [0.25, 0.3) is 0 Å². The van der Waals surface area contributed by atoms with E-state index < -0.39 is 0 Å². The summed E-state index contributed by atoms with van der Waals surface area (Å²) in [5.74, 6) is -0.189. The molecule has 0 unspecified atom stereocenters. The molecule has 3 rings (SSSR count). The molecule has 0 radical (unpaired) electrons. The van der Waals surface area contributed by atoms with E-state index in [1.807, 2.05) is 12.1 Å². The van der Waals surface area contributed by atoms with Gasteiger partial charge < -0.3 is 4.90 Å². The number of halogens is 1. The highest BCUT2D eigenvalue weighted by Crippen LogP contribution is 2.27. The fourth-order valence-corrected chi connectivity index (χ4v) is 2.84. The van der Waals surface area contributed by atoms with Crippen LogP contribution in [0.25, 0.3) is 11.8 Å². The minimum atomic E-state index is -0.189. The molecule has 0 N–H and O–H groups in total. The maximum Gasteiger partial charge on any atom is 0.123 e. The maximum atomic E-state index is 13.1. The lowest BCUT2D eigenvalue weighted by atomic mass is 10.1. The predicted octanol–water partition coefficient (Wildman–Crippen LogP) is 4.73. The molecule has 2 aromatic rings. The zero-order chi connectivity index (χ0) is 14.7. The van der Waals surface area contributed by atoms with Crippen molar-refractivity contribution in [2.24, 2.45) is 0 Å². The predicted molar refractivity (Wildman–Crippen MR) is 86.3 cm³/mol. The Labute approximate surface area is 125 Å². The van der Waals surface area contributed by atoms with Gasteiger partial charge in [0.1, 0.15) is 5.82 Å². The van der Waals surface area contributed by atoms with Crippen molar-refractivity contribution >= 4 is 11.8 Å². The normalized spacial score (nSPS) is 15.5. The number of benzene rings is 2. The van der Waals surface area contributed by atoms with Gasteiger partial charge in [0.05, 0.1) is 0 Å². The molecule has 1 aliphatic heterocycles. The molecule has 0 aromatic heterocycles. The van der Waals surface area contributed by atoms with Gasteiger partial charge in [-0.1, -0.05) is 35.9 Å². The number of hydrogen-bond donors (Lipinski definition) is 0. The highest BCUT2D eigenvalue weighted by Gasteiger charge is 2.16. The Hall–Kier alpha value is -2.09. The number of nitrogens with zero attached hydrogens (tertiary/aromatic N) is 1. The Balaban J connectivity index is 2.01. The lowest BCUT2D eigenvalue weighted by molar-refractivity contribution is 0.495. The Bertz CT molecular complexity index is 637. The van der Waals surface area contributed by atoms with Crippen LogP contribution in [0.4, 0.5) is 4.39 Å². The molecular formula is C19H20FN. The van der Waals surface area contributed by atoms with Crippen molar-refractivity contribution in [1.29, 1.82) is 0 Å². The molecule has 1 nitrogen and oxygen atoms in total. The molecule has 0 bridgehead atoms. The topological polar surface area (TPSA) is 3.24 Å². The van der Waals surface area contributed by atoms with E-state index in [4.69, 9.17) is 0 Å². The van der Waals surface area contributed by atoms with E-state index in [9.17, 15) is 4.39 Å². The van der Waals surface area contributed by atoms with Crippen LogP contribution in [0.15, 0.2) is 48.5 Å². The van der Waals surface area contributed by atoms with Crippen molar-refractivity contribution in [2.45, 2.75) is 19.8 Å². The summed E-state index contributed by atoms with van der Waals surface area (Å²) < 4.78 is 13.1. The number of likely N-dealkylation sites (tertiary alicyclic amines) is 1. The Morgan fingerprint density at radius 1 is 1.05 bits per heavy atom. The quantitative estimate of drug-likeness (QED) is 0.735. The smallest absolute Gasteiger partial charge is 0.123 e. The fraction of sp³-hybridized carbons (Fsp3) is 0.263. The molecule has 1 aliphatic rings. The second-order valence-electron chi connectivity index (χ2n) is 5.64. The molecule has 0 saturated carbocycles. The van der Waals surface area contributed by atoms with Crippen LogP contribution in [0, 0.1) is 12.7 Å². The summed E-state index contributed by atoms with van der Waals surface area (Å²) >= 11 is 0. The van der Waals surface area contributed by atoms with E-state index in [1.54, 1.807) is 0 Å². The van der Waals surface area contributed by atoms with E-state index in [1.165, 1.54) is 41.8 Å². The molecule has 0 aliphatic carbocycles. The minimum absolute atomic E-state index is 0.189. The molecule has 0 atom stereocenters. The zero-order valence-electron chi connectivity index (χ0n) is 12.3. The molecule has 1 saturated heterocycles.